The van der Waals surface area contributed by atoms with Crippen molar-refractivity contribution in [3.05, 3.63) is 23.3 Å². The highest BCUT2D eigenvalue weighted by Crippen LogP contribution is 2.32. The summed E-state index contributed by atoms with van der Waals surface area (Å²) in [4.78, 5) is 40.4. The summed E-state index contributed by atoms with van der Waals surface area (Å²) in [5, 5.41) is 0. The van der Waals surface area contributed by atoms with Gasteiger partial charge in [0.05, 0.1) is 17.3 Å². The van der Waals surface area contributed by atoms with E-state index in [0.717, 1.165) is 51.7 Å². The van der Waals surface area contributed by atoms with Crippen LogP contribution in [0.3, 0.4) is 0 Å². The Kier molecular flexibility index (Phi) is 6.09. The van der Waals surface area contributed by atoms with Gasteiger partial charge in [-0.1, -0.05) is 0 Å². The molecule has 0 spiro atoms. The fourth-order valence-electron chi connectivity index (χ4n) is 4.05. The quantitative estimate of drug-likeness (QED) is 0.809. The molecule has 2 aliphatic rings. The maximum absolute atomic E-state index is 13.2. The third kappa shape index (κ3) is 4.29. The van der Waals surface area contributed by atoms with Crippen LogP contribution in [0.5, 0.6) is 0 Å². The summed E-state index contributed by atoms with van der Waals surface area (Å²) in [6.45, 7) is 4.57. The first-order chi connectivity index (χ1) is 12.9. The number of hydrogen-bond acceptors (Lipinski definition) is 5. The number of carbonyl (C=O) groups is 2. The molecule has 1 aromatic rings. The molecule has 2 amide bonds. The molecule has 1 unspecified atom stereocenters. The summed E-state index contributed by atoms with van der Waals surface area (Å²) in [5.41, 5.74) is 1.20. The first kappa shape index (κ1) is 19.7. The van der Waals surface area contributed by atoms with Gasteiger partial charge in [0.1, 0.15) is 0 Å². The van der Waals surface area contributed by atoms with Gasteiger partial charge in [0, 0.05) is 32.8 Å². The van der Waals surface area contributed by atoms with Gasteiger partial charge in [-0.25, -0.2) is 9.97 Å². The zero-order valence-electron chi connectivity index (χ0n) is 16.9. The van der Waals surface area contributed by atoms with Crippen molar-refractivity contribution < 1.29 is 9.59 Å². The lowest BCUT2D eigenvalue weighted by Gasteiger charge is -2.39. The van der Waals surface area contributed by atoms with Crippen molar-refractivity contribution in [3.8, 4) is 0 Å². The summed E-state index contributed by atoms with van der Waals surface area (Å²) >= 11 is 0. The normalized spacial score (nSPS) is 21.9. The number of likely N-dealkylation sites (tertiary alicyclic amines) is 2. The van der Waals surface area contributed by atoms with Crippen molar-refractivity contribution in [3.63, 3.8) is 0 Å². The molecule has 0 bridgehead atoms. The molecule has 1 atom stereocenters. The molecular weight excluding hydrogens is 342 g/mol. The van der Waals surface area contributed by atoms with Gasteiger partial charge in [-0.05, 0) is 59.2 Å². The van der Waals surface area contributed by atoms with Crippen molar-refractivity contribution >= 4 is 11.8 Å². The third-order valence-corrected chi connectivity index (χ3v) is 5.79. The van der Waals surface area contributed by atoms with Crippen LogP contribution < -0.4 is 0 Å². The van der Waals surface area contributed by atoms with E-state index in [1.54, 1.807) is 20.3 Å². The molecule has 2 saturated heterocycles. The van der Waals surface area contributed by atoms with E-state index in [4.69, 9.17) is 0 Å². The Bertz CT molecular complexity index is 698. The zero-order chi connectivity index (χ0) is 19.6. The summed E-state index contributed by atoms with van der Waals surface area (Å²) in [6, 6.07) is -0.0758. The van der Waals surface area contributed by atoms with Crippen LogP contribution in [0.2, 0.25) is 0 Å². The molecule has 0 aromatic carbocycles. The molecule has 3 heterocycles. The molecule has 27 heavy (non-hydrogen) atoms. The Morgan fingerprint density at radius 2 is 1.81 bits per heavy atom. The molecular formula is C20H31N5O2. The fourth-order valence-corrected chi connectivity index (χ4v) is 4.05. The van der Waals surface area contributed by atoms with Gasteiger partial charge in [0.15, 0.2) is 5.82 Å². The van der Waals surface area contributed by atoms with E-state index in [1.165, 1.54) is 4.90 Å². The van der Waals surface area contributed by atoms with Crippen LogP contribution in [0.4, 0.5) is 0 Å². The first-order valence-electron chi connectivity index (χ1n) is 9.92. The molecule has 148 valence electrons. The van der Waals surface area contributed by atoms with Crippen molar-refractivity contribution in [2.24, 2.45) is 5.92 Å². The van der Waals surface area contributed by atoms with Crippen LogP contribution in [0.25, 0.3) is 0 Å². The van der Waals surface area contributed by atoms with E-state index in [0.29, 0.717) is 17.1 Å². The second kappa shape index (κ2) is 8.33. The number of carbonyl (C=O) groups excluding carboxylic acids is 2. The van der Waals surface area contributed by atoms with Gasteiger partial charge >= 0.3 is 0 Å². The lowest BCUT2D eigenvalue weighted by molar-refractivity contribution is -0.141. The molecule has 1 aromatic heterocycles. The molecule has 2 aliphatic heterocycles. The highest BCUT2D eigenvalue weighted by Gasteiger charge is 2.35. The van der Waals surface area contributed by atoms with Gasteiger partial charge in [-0.15, -0.1) is 0 Å². The van der Waals surface area contributed by atoms with Gasteiger partial charge in [0.25, 0.3) is 5.91 Å². The van der Waals surface area contributed by atoms with E-state index >= 15 is 0 Å². The minimum Gasteiger partial charge on any atom is -0.345 e. The van der Waals surface area contributed by atoms with E-state index in [9.17, 15) is 9.59 Å². The number of amides is 2. The SMILES string of the molecule is Cc1nc(C2CCCCN2C(=O)C2CCN(C)CC2)ncc1C(=O)N(C)C. The van der Waals surface area contributed by atoms with E-state index < -0.39 is 0 Å². The van der Waals surface area contributed by atoms with Crippen molar-refractivity contribution in [1.82, 2.24) is 24.7 Å². The molecule has 7 nitrogen and oxygen atoms in total. The summed E-state index contributed by atoms with van der Waals surface area (Å²) in [5.74, 6) is 0.936. The number of piperidine rings is 2. The van der Waals surface area contributed by atoms with Crippen molar-refractivity contribution in [1.29, 1.82) is 0 Å². The maximum atomic E-state index is 13.2. The molecule has 0 N–H and O–H groups in total. The van der Waals surface area contributed by atoms with Gasteiger partial charge in [-0.3, -0.25) is 9.59 Å². The Hall–Kier alpha value is -2.02. The Balaban J connectivity index is 1.80. The van der Waals surface area contributed by atoms with Crippen molar-refractivity contribution in [2.45, 2.75) is 45.1 Å². The van der Waals surface area contributed by atoms with E-state index in [1.807, 2.05) is 11.8 Å². The van der Waals surface area contributed by atoms with Crippen LogP contribution in [0.1, 0.15) is 60.0 Å². The number of aryl methyl sites for hydroxylation is 1. The Labute approximate surface area is 161 Å². The number of aromatic nitrogens is 2. The average molecular weight is 374 g/mol. The minimum atomic E-state index is -0.0954. The molecule has 3 rings (SSSR count). The fraction of sp³-hybridized carbons (Fsp3) is 0.700. The molecule has 7 heteroatoms. The van der Waals surface area contributed by atoms with Gasteiger partial charge in [-0.2, -0.15) is 0 Å². The lowest BCUT2D eigenvalue weighted by Crippen LogP contribution is -2.45. The topological polar surface area (TPSA) is 69.6 Å². The smallest absolute Gasteiger partial charge is 0.256 e. The molecule has 2 fully saturated rings. The number of hydrogen-bond donors (Lipinski definition) is 0. The zero-order valence-corrected chi connectivity index (χ0v) is 16.9. The number of nitrogens with zero attached hydrogens (tertiary/aromatic N) is 5. The average Bonchev–Trinajstić information content (AvgIpc) is 2.67. The molecule has 0 saturated carbocycles. The Morgan fingerprint density at radius 3 is 2.44 bits per heavy atom. The standard InChI is InChI=1S/C20H31N5O2/c1-14-16(20(27)23(2)3)13-21-18(22-14)17-7-5-6-10-25(17)19(26)15-8-11-24(4)12-9-15/h13,15,17H,5-12H2,1-4H3. The van der Waals surface area contributed by atoms with Gasteiger partial charge in [0.2, 0.25) is 5.91 Å². The predicted molar refractivity (Wildman–Crippen MR) is 103 cm³/mol. The van der Waals surface area contributed by atoms with E-state index in [2.05, 4.69) is 21.9 Å². The van der Waals surface area contributed by atoms with Crippen LogP contribution in [0.15, 0.2) is 6.20 Å². The second-order valence-corrected chi connectivity index (χ2v) is 8.05. The number of rotatable bonds is 3. The minimum absolute atomic E-state index is 0.0758. The monoisotopic (exact) mass is 373 g/mol. The van der Waals surface area contributed by atoms with Gasteiger partial charge < -0.3 is 14.7 Å². The molecule has 0 radical (unpaired) electrons. The highest BCUT2D eigenvalue weighted by molar-refractivity contribution is 5.94. The third-order valence-electron chi connectivity index (χ3n) is 5.79. The highest BCUT2D eigenvalue weighted by atomic mass is 16.2. The van der Waals surface area contributed by atoms with Crippen LogP contribution in [-0.2, 0) is 4.79 Å². The van der Waals surface area contributed by atoms with E-state index in [-0.39, 0.29) is 23.8 Å². The second-order valence-electron chi connectivity index (χ2n) is 8.05. The predicted octanol–water partition coefficient (Wildman–Crippen LogP) is 1.88. The van der Waals surface area contributed by atoms with Crippen LogP contribution >= 0.6 is 0 Å². The summed E-state index contributed by atoms with van der Waals surface area (Å²) in [6.07, 6.45) is 6.46. The Morgan fingerprint density at radius 1 is 1.11 bits per heavy atom. The lowest BCUT2D eigenvalue weighted by atomic mass is 9.92. The maximum Gasteiger partial charge on any atom is 0.256 e. The largest absolute Gasteiger partial charge is 0.345 e. The summed E-state index contributed by atoms with van der Waals surface area (Å²) < 4.78 is 0. The van der Waals surface area contributed by atoms with Crippen molar-refractivity contribution in [2.75, 3.05) is 40.8 Å². The molecule has 0 aliphatic carbocycles. The first-order valence-corrected chi connectivity index (χ1v) is 9.92. The summed E-state index contributed by atoms with van der Waals surface area (Å²) in [7, 11) is 5.55. The van der Waals surface area contributed by atoms with Crippen LogP contribution in [-0.4, -0.2) is 77.3 Å². The van der Waals surface area contributed by atoms with Crippen LogP contribution in [0, 0.1) is 12.8 Å².